The number of morpholine rings is 1. The van der Waals surface area contributed by atoms with Gasteiger partial charge in [0.2, 0.25) is 5.91 Å². The lowest BCUT2D eigenvalue weighted by atomic mass is 10.1. The van der Waals surface area contributed by atoms with Gasteiger partial charge in [-0.25, -0.2) is 0 Å². The van der Waals surface area contributed by atoms with Crippen molar-refractivity contribution in [2.45, 2.75) is 32.5 Å². The highest BCUT2D eigenvalue weighted by Gasteiger charge is 2.33. The first-order valence-corrected chi connectivity index (χ1v) is 9.28. The molecule has 2 aliphatic rings. The van der Waals surface area contributed by atoms with E-state index in [-0.39, 0.29) is 11.9 Å². The number of carbonyl (C=O) groups excluding carboxylic acids is 1. The summed E-state index contributed by atoms with van der Waals surface area (Å²) >= 11 is 0. The van der Waals surface area contributed by atoms with Crippen LogP contribution in [0, 0.1) is 0 Å². The molecule has 0 spiro atoms. The van der Waals surface area contributed by atoms with Crippen LogP contribution in [0.3, 0.4) is 0 Å². The van der Waals surface area contributed by atoms with Crippen molar-refractivity contribution in [2.24, 2.45) is 0 Å². The van der Waals surface area contributed by atoms with Crippen LogP contribution in [0.4, 0.5) is 0 Å². The van der Waals surface area contributed by atoms with Gasteiger partial charge in [-0.05, 0) is 18.9 Å². The number of carbonyl (C=O) groups is 1. The minimum absolute atomic E-state index is 0.149. The van der Waals surface area contributed by atoms with Crippen molar-refractivity contribution < 1.29 is 9.53 Å². The molecule has 1 atom stereocenters. The summed E-state index contributed by atoms with van der Waals surface area (Å²) in [5, 5.41) is 8.75. The van der Waals surface area contributed by atoms with Crippen molar-refractivity contribution in [3.63, 3.8) is 0 Å². The summed E-state index contributed by atoms with van der Waals surface area (Å²) in [5.74, 6) is 1.91. The van der Waals surface area contributed by atoms with Crippen LogP contribution in [-0.2, 0) is 29.0 Å². The van der Waals surface area contributed by atoms with Crippen molar-refractivity contribution in [3.8, 4) is 0 Å². The molecule has 0 N–H and O–H groups in total. The SMILES string of the molecule is C[C@@H]1C(=O)N(CCc2ccccc2)Cc2nnc(CN3CCOCC3)n21. The maximum atomic E-state index is 12.9. The van der Waals surface area contributed by atoms with Crippen LogP contribution in [0.2, 0.25) is 0 Å². The standard InChI is InChI=1S/C19H25N5O2/c1-15-19(25)23(8-7-16-5-3-2-4-6-16)14-18-21-20-17(24(15)18)13-22-9-11-26-12-10-22/h2-6,15H,7-14H2,1H3/t15-/m1/s1. The Kier molecular flexibility index (Phi) is 4.99. The zero-order chi connectivity index (χ0) is 17.9. The number of hydrogen-bond acceptors (Lipinski definition) is 5. The third-order valence-corrected chi connectivity index (χ3v) is 5.21. The van der Waals surface area contributed by atoms with E-state index >= 15 is 0 Å². The smallest absolute Gasteiger partial charge is 0.245 e. The molecule has 0 saturated carbocycles. The third-order valence-electron chi connectivity index (χ3n) is 5.21. The molecule has 7 heteroatoms. The first-order chi connectivity index (χ1) is 12.7. The molecular weight excluding hydrogens is 330 g/mol. The van der Waals surface area contributed by atoms with Gasteiger partial charge < -0.3 is 9.64 Å². The number of amides is 1. The number of benzene rings is 1. The van der Waals surface area contributed by atoms with Gasteiger partial charge in [0.1, 0.15) is 11.9 Å². The summed E-state index contributed by atoms with van der Waals surface area (Å²) < 4.78 is 7.43. The largest absolute Gasteiger partial charge is 0.379 e. The predicted molar refractivity (Wildman–Crippen MR) is 96.4 cm³/mol. The normalized spacial score (nSPS) is 21.0. The van der Waals surface area contributed by atoms with E-state index in [0.717, 1.165) is 50.9 Å². The molecule has 0 radical (unpaired) electrons. The van der Waals surface area contributed by atoms with E-state index in [1.807, 2.05) is 34.6 Å². The van der Waals surface area contributed by atoms with Gasteiger partial charge >= 0.3 is 0 Å². The maximum Gasteiger partial charge on any atom is 0.245 e. The van der Waals surface area contributed by atoms with Gasteiger partial charge in [0, 0.05) is 19.6 Å². The number of nitrogens with zero attached hydrogens (tertiary/aromatic N) is 5. The van der Waals surface area contributed by atoms with Gasteiger partial charge in [-0.15, -0.1) is 10.2 Å². The van der Waals surface area contributed by atoms with Crippen LogP contribution < -0.4 is 0 Å². The molecule has 1 fully saturated rings. The van der Waals surface area contributed by atoms with Gasteiger partial charge in [-0.1, -0.05) is 30.3 Å². The summed E-state index contributed by atoms with van der Waals surface area (Å²) in [5.41, 5.74) is 1.24. The zero-order valence-corrected chi connectivity index (χ0v) is 15.2. The van der Waals surface area contributed by atoms with E-state index in [0.29, 0.717) is 13.1 Å². The minimum atomic E-state index is -0.249. The van der Waals surface area contributed by atoms with Crippen LogP contribution in [0.1, 0.15) is 30.2 Å². The fraction of sp³-hybridized carbons (Fsp3) is 0.526. The van der Waals surface area contributed by atoms with Gasteiger partial charge in [0.05, 0.1) is 26.3 Å². The Hall–Kier alpha value is -2.25. The van der Waals surface area contributed by atoms with E-state index in [2.05, 4.69) is 27.2 Å². The average molecular weight is 355 g/mol. The molecule has 3 heterocycles. The van der Waals surface area contributed by atoms with Crippen molar-refractivity contribution in [1.82, 2.24) is 24.6 Å². The monoisotopic (exact) mass is 355 g/mol. The van der Waals surface area contributed by atoms with Crippen molar-refractivity contribution in [2.75, 3.05) is 32.8 Å². The topological polar surface area (TPSA) is 63.5 Å². The molecule has 4 rings (SSSR count). The summed E-state index contributed by atoms with van der Waals surface area (Å²) in [6.45, 7) is 7.21. The number of ether oxygens (including phenoxy) is 1. The molecule has 7 nitrogen and oxygen atoms in total. The summed E-state index contributed by atoms with van der Waals surface area (Å²) in [4.78, 5) is 17.1. The van der Waals surface area contributed by atoms with Gasteiger partial charge in [0.15, 0.2) is 5.82 Å². The highest BCUT2D eigenvalue weighted by atomic mass is 16.5. The number of fused-ring (bicyclic) bond motifs is 1. The molecule has 26 heavy (non-hydrogen) atoms. The quantitative estimate of drug-likeness (QED) is 0.808. The van der Waals surface area contributed by atoms with Crippen LogP contribution in [0.15, 0.2) is 30.3 Å². The Labute approximate surface area is 153 Å². The Bertz CT molecular complexity index is 755. The first-order valence-electron chi connectivity index (χ1n) is 9.28. The van der Waals surface area contributed by atoms with E-state index in [1.165, 1.54) is 5.56 Å². The number of aromatic nitrogens is 3. The number of hydrogen-bond donors (Lipinski definition) is 0. The molecule has 0 bridgehead atoms. The maximum absolute atomic E-state index is 12.9. The lowest BCUT2D eigenvalue weighted by molar-refractivity contribution is -0.137. The molecule has 1 aromatic heterocycles. The molecule has 1 amide bonds. The molecule has 0 unspecified atom stereocenters. The molecule has 1 saturated heterocycles. The van der Waals surface area contributed by atoms with Crippen LogP contribution in [0.5, 0.6) is 0 Å². The van der Waals surface area contributed by atoms with Gasteiger partial charge in [-0.2, -0.15) is 0 Å². The molecular formula is C19H25N5O2. The van der Waals surface area contributed by atoms with Crippen LogP contribution >= 0.6 is 0 Å². The van der Waals surface area contributed by atoms with E-state index in [4.69, 9.17) is 4.74 Å². The summed E-state index contributed by atoms with van der Waals surface area (Å²) in [7, 11) is 0. The lowest BCUT2D eigenvalue weighted by Crippen LogP contribution is -2.44. The van der Waals surface area contributed by atoms with E-state index in [1.54, 1.807) is 0 Å². The third kappa shape index (κ3) is 3.50. The lowest BCUT2D eigenvalue weighted by Gasteiger charge is -2.33. The highest BCUT2D eigenvalue weighted by molar-refractivity contribution is 5.81. The zero-order valence-electron chi connectivity index (χ0n) is 15.2. The van der Waals surface area contributed by atoms with Crippen LogP contribution in [-0.4, -0.2) is 63.3 Å². The first kappa shape index (κ1) is 17.2. The van der Waals surface area contributed by atoms with Gasteiger partial charge in [-0.3, -0.25) is 14.3 Å². The van der Waals surface area contributed by atoms with Crippen molar-refractivity contribution >= 4 is 5.91 Å². The van der Waals surface area contributed by atoms with E-state index in [9.17, 15) is 4.79 Å². The summed E-state index contributed by atoms with van der Waals surface area (Å²) in [6.07, 6.45) is 0.855. The fourth-order valence-corrected chi connectivity index (χ4v) is 3.70. The van der Waals surface area contributed by atoms with Crippen molar-refractivity contribution in [1.29, 1.82) is 0 Å². The molecule has 0 aliphatic carbocycles. The second kappa shape index (κ2) is 7.55. The summed E-state index contributed by atoms with van der Waals surface area (Å²) in [6, 6.07) is 10.0. The Morgan fingerprint density at radius 3 is 2.69 bits per heavy atom. The Morgan fingerprint density at radius 1 is 1.15 bits per heavy atom. The number of rotatable bonds is 5. The highest BCUT2D eigenvalue weighted by Crippen LogP contribution is 2.24. The van der Waals surface area contributed by atoms with Gasteiger partial charge in [0.25, 0.3) is 0 Å². The fourth-order valence-electron chi connectivity index (χ4n) is 3.70. The molecule has 1 aromatic carbocycles. The Balaban J connectivity index is 1.45. The second-order valence-corrected chi connectivity index (χ2v) is 6.96. The Morgan fingerprint density at radius 2 is 1.92 bits per heavy atom. The average Bonchev–Trinajstić information content (AvgIpc) is 3.08. The molecule has 2 aliphatic heterocycles. The van der Waals surface area contributed by atoms with E-state index < -0.39 is 0 Å². The minimum Gasteiger partial charge on any atom is -0.379 e. The van der Waals surface area contributed by atoms with Crippen molar-refractivity contribution in [3.05, 3.63) is 47.5 Å². The molecule has 138 valence electrons. The second-order valence-electron chi connectivity index (χ2n) is 6.96. The van der Waals surface area contributed by atoms with Crippen LogP contribution in [0.25, 0.3) is 0 Å². The predicted octanol–water partition coefficient (Wildman–Crippen LogP) is 1.26. The molecule has 2 aromatic rings.